The zero-order chi connectivity index (χ0) is 8.85. The van der Waals surface area contributed by atoms with Crippen molar-refractivity contribution < 1.29 is 4.79 Å². The molecule has 0 fully saturated rings. The van der Waals surface area contributed by atoms with Crippen LogP contribution in [0.5, 0.6) is 0 Å². The van der Waals surface area contributed by atoms with E-state index < -0.39 is 0 Å². The molecule has 0 aliphatic rings. The van der Waals surface area contributed by atoms with Crippen molar-refractivity contribution in [2.45, 2.75) is 26.8 Å². The Balaban J connectivity index is 4.22. The minimum Gasteiger partial charge on any atom is -0.317 e. The molecule has 0 aromatic carbocycles. The summed E-state index contributed by atoms with van der Waals surface area (Å²) < 4.78 is 0. The number of rotatable bonds is 3. The van der Waals surface area contributed by atoms with Crippen molar-refractivity contribution in [2.24, 2.45) is 0 Å². The normalized spacial score (nSPS) is 10.5. The van der Waals surface area contributed by atoms with E-state index in [-0.39, 0.29) is 11.9 Å². The van der Waals surface area contributed by atoms with Gasteiger partial charge in [-0.15, -0.1) is 0 Å². The lowest BCUT2D eigenvalue weighted by Gasteiger charge is -2.20. The summed E-state index contributed by atoms with van der Waals surface area (Å²) in [5, 5.41) is 0. The molecule has 0 spiro atoms. The molecule has 0 radical (unpaired) electrons. The summed E-state index contributed by atoms with van der Waals surface area (Å²) in [6.45, 7) is 9.01. The molecule has 0 N–H and O–H groups in total. The van der Waals surface area contributed by atoms with Gasteiger partial charge < -0.3 is 4.90 Å². The topological polar surface area (TPSA) is 20.3 Å². The van der Waals surface area contributed by atoms with Crippen LogP contribution in [0.1, 0.15) is 20.8 Å². The molecule has 0 aliphatic carbocycles. The third-order valence-corrected chi connectivity index (χ3v) is 1.30. The quantitative estimate of drug-likeness (QED) is 0.567. The van der Waals surface area contributed by atoms with E-state index in [2.05, 4.69) is 6.58 Å². The van der Waals surface area contributed by atoms with Crippen molar-refractivity contribution in [2.75, 3.05) is 0 Å². The monoisotopic (exact) mass is 153 g/mol. The summed E-state index contributed by atoms with van der Waals surface area (Å²) >= 11 is 0. The Hall–Kier alpha value is -1.05. The minimum absolute atomic E-state index is 0.0538. The molecule has 62 valence electrons. The van der Waals surface area contributed by atoms with Crippen LogP contribution in [0.3, 0.4) is 0 Å². The molecule has 0 aromatic heterocycles. The van der Waals surface area contributed by atoms with Crippen LogP contribution < -0.4 is 0 Å². The first-order chi connectivity index (χ1) is 5.09. The van der Waals surface area contributed by atoms with Crippen molar-refractivity contribution in [3.05, 3.63) is 24.9 Å². The zero-order valence-electron chi connectivity index (χ0n) is 7.37. The predicted octanol–water partition coefficient (Wildman–Crippen LogP) is 1.94. The highest BCUT2D eigenvalue weighted by Gasteiger charge is 2.07. The van der Waals surface area contributed by atoms with Gasteiger partial charge in [-0.05, 0) is 19.9 Å². The molecule has 0 aliphatic heterocycles. The molecule has 2 heteroatoms. The molecule has 0 unspecified atom stereocenters. The molecular formula is C9H15NO. The van der Waals surface area contributed by atoms with E-state index in [9.17, 15) is 4.79 Å². The SMILES string of the molecule is C=C/C=C\N(C(C)=O)C(C)C. The molecule has 0 heterocycles. The van der Waals surface area contributed by atoms with Gasteiger partial charge in [0.25, 0.3) is 0 Å². The highest BCUT2D eigenvalue weighted by atomic mass is 16.2. The van der Waals surface area contributed by atoms with E-state index in [4.69, 9.17) is 0 Å². The molecule has 0 rings (SSSR count). The maximum Gasteiger partial charge on any atom is 0.223 e. The van der Waals surface area contributed by atoms with Crippen LogP contribution in [-0.4, -0.2) is 16.8 Å². The van der Waals surface area contributed by atoms with Gasteiger partial charge in [0.05, 0.1) is 0 Å². The summed E-state index contributed by atoms with van der Waals surface area (Å²) in [6.07, 6.45) is 5.14. The summed E-state index contributed by atoms with van der Waals surface area (Å²) in [4.78, 5) is 12.6. The number of hydrogen-bond acceptors (Lipinski definition) is 1. The van der Waals surface area contributed by atoms with Crippen molar-refractivity contribution in [3.8, 4) is 0 Å². The summed E-state index contributed by atoms with van der Waals surface area (Å²) in [5.41, 5.74) is 0. The number of carbonyl (C=O) groups excluding carboxylic acids is 1. The maximum atomic E-state index is 10.9. The van der Waals surface area contributed by atoms with Crippen LogP contribution in [-0.2, 0) is 4.79 Å². The molecule has 1 amide bonds. The van der Waals surface area contributed by atoms with E-state index in [1.54, 1.807) is 30.2 Å². The first kappa shape index (κ1) is 9.95. The third kappa shape index (κ3) is 3.61. The lowest BCUT2D eigenvalue weighted by Crippen LogP contribution is -2.29. The number of amides is 1. The Morgan fingerprint density at radius 3 is 2.36 bits per heavy atom. The van der Waals surface area contributed by atoms with Crippen molar-refractivity contribution in [1.29, 1.82) is 0 Å². The van der Waals surface area contributed by atoms with E-state index in [0.717, 1.165) is 0 Å². The average molecular weight is 153 g/mol. The molecular weight excluding hydrogens is 138 g/mol. The number of hydrogen-bond donors (Lipinski definition) is 0. The van der Waals surface area contributed by atoms with Crippen LogP contribution in [0.2, 0.25) is 0 Å². The molecule has 0 aromatic rings. The Labute approximate surface area is 68.2 Å². The molecule has 0 bridgehead atoms. The van der Waals surface area contributed by atoms with Gasteiger partial charge in [-0.2, -0.15) is 0 Å². The van der Waals surface area contributed by atoms with Crippen LogP contribution >= 0.6 is 0 Å². The van der Waals surface area contributed by atoms with E-state index in [0.29, 0.717) is 0 Å². The second-order valence-electron chi connectivity index (χ2n) is 2.60. The Kier molecular flexibility index (Phi) is 4.27. The van der Waals surface area contributed by atoms with E-state index >= 15 is 0 Å². The highest BCUT2D eigenvalue weighted by Crippen LogP contribution is 1.99. The summed E-state index contributed by atoms with van der Waals surface area (Å²) in [6, 6.07) is 0.212. The first-order valence-corrected chi connectivity index (χ1v) is 3.67. The fourth-order valence-electron chi connectivity index (χ4n) is 0.794. The Morgan fingerprint density at radius 1 is 1.55 bits per heavy atom. The smallest absolute Gasteiger partial charge is 0.223 e. The molecule has 11 heavy (non-hydrogen) atoms. The minimum atomic E-state index is 0.0538. The number of allylic oxidation sites excluding steroid dienone is 2. The van der Waals surface area contributed by atoms with Gasteiger partial charge >= 0.3 is 0 Å². The van der Waals surface area contributed by atoms with Gasteiger partial charge in [0.2, 0.25) is 5.91 Å². The molecule has 0 atom stereocenters. The van der Waals surface area contributed by atoms with Crippen LogP contribution in [0.25, 0.3) is 0 Å². The lowest BCUT2D eigenvalue weighted by molar-refractivity contribution is -0.127. The van der Waals surface area contributed by atoms with Gasteiger partial charge in [0, 0.05) is 19.2 Å². The van der Waals surface area contributed by atoms with E-state index in [1.807, 2.05) is 13.8 Å². The van der Waals surface area contributed by atoms with Gasteiger partial charge in [-0.1, -0.05) is 12.7 Å². The van der Waals surface area contributed by atoms with Gasteiger partial charge in [0.15, 0.2) is 0 Å². The van der Waals surface area contributed by atoms with Gasteiger partial charge in [-0.25, -0.2) is 0 Å². The Morgan fingerprint density at radius 2 is 2.09 bits per heavy atom. The van der Waals surface area contributed by atoms with Gasteiger partial charge in [0.1, 0.15) is 0 Å². The fourth-order valence-corrected chi connectivity index (χ4v) is 0.794. The number of carbonyl (C=O) groups is 1. The Bertz CT molecular complexity index is 170. The molecule has 2 nitrogen and oxygen atoms in total. The maximum absolute atomic E-state index is 10.9. The van der Waals surface area contributed by atoms with E-state index in [1.165, 1.54) is 0 Å². The van der Waals surface area contributed by atoms with Crippen molar-refractivity contribution in [1.82, 2.24) is 4.90 Å². The van der Waals surface area contributed by atoms with Crippen LogP contribution in [0.4, 0.5) is 0 Å². The number of nitrogens with zero attached hydrogens (tertiary/aromatic N) is 1. The molecule has 0 saturated carbocycles. The first-order valence-electron chi connectivity index (χ1n) is 3.67. The summed E-state index contributed by atoms with van der Waals surface area (Å²) in [5.74, 6) is 0.0538. The van der Waals surface area contributed by atoms with Crippen molar-refractivity contribution in [3.63, 3.8) is 0 Å². The standard InChI is InChI=1S/C9H15NO/c1-5-6-7-10(8(2)3)9(4)11/h5-8H,1H2,2-4H3/b7-6-. The lowest BCUT2D eigenvalue weighted by atomic mass is 10.3. The second-order valence-corrected chi connectivity index (χ2v) is 2.60. The summed E-state index contributed by atoms with van der Waals surface area (Å²) in [7, 11) is 0. The third-order valence-electron chi connectivity index (χ3n) is 1.30. The van der Waals surface area contributed by atoms with Crippen LogP contribution in [0.15, 0.2) is 24.9 Å². The average Bonchev–Trinajstić information content (AvgIpc) is 1.87. The fraction of sp³-hybridized carbons (Fsp3) is 0.444. The molecule has 0 saturated heterocycles. The van der Waals surface area contributed by atoms with Gasteiger partial charge in [-0.3, -0.25) is 4.79 Å². The van der Waals surface area contributed by atoms with Crippen LogP contribution in [0, 0.1) is 0 Å². The largest absolute Gasteiger partial charge is 0.317 e. The predicted molar refractivity (Wildman–Crippen MR) is 47.0 cm³/mol. The second kappa shape index (κ2) is 4.72. The zero-order valence-corrected chi connectivity index (χ0v) is 7.37. The van der Waals surface area contributed by atoms with Crippen molar-refractivity contribution >= 4 is 5.91 Å². The highest BCUT2D eigenvalue weighted by molar-refractivity contribution is 5.74.